The van der Waals surface area contributed by atoms with Crippen LogP contribution in [0.4, 0.5) is 0 Å². The second-order valence-electron chi connectivity index (χ2n) is 4.38. The number of aliphatic hydroxyl groups excluding tert-OH is 1. The number of hydrogen-bond acceptors (Lipinski definition) is 4. The maximum absolute atomic E-state index is 9.40. The van der Waals surface area contributed by atoms with Crippen molar-refractivity contribution in [2.75, 3.05) is 26.3 Å². The molecule has 0 radical (unpaired) electrons. The fourth-order valence-corrected chi connectivity index (χ4v) is 2.19. The molecule has 1 saturated heterocycles. The van der Waals surface area contributed by atoms with Gasteiger partial charge in [0.1, 0.15) is 0 Å². The van der Waals surface area contributed by atoms with Crippen molar-refractivity contribution >= 4 is 0 Å². The molecule has 1 aliphatic heterocycles. The standard InChI is InChI=1S/C11H24N2O2/c1-3-4-10(12)11(8-14)13-5-6-15-9(2)7-13/h9-11,14H,3-8,12H2,1-2H3. The van der Waals surface area contributed by atoms with Gasteiger partial charge in [0.05, 0.1) is 19.3 Å². The maximum Gasteiger partial charge on any atom is 0.0674 e. The van der Waals surface area contributed by atoms with Crippen molar-refractivity contribution in [3.05, 3.63) is 0 Å². The zero-order chi connectivity index (χ0) is 11.3. The summed E-state index contributed by atoms with van der Waals surface area (Å²) < 4.78 is 5.48. The largest absolute Gasteiger partial charge is 0.395 e. The molecule has 0 aromatic rings. The Hall–Kier alpha value is -0.160. The molecule has 90 valence electrons. The minimum atomic E-state index is 0.0744. The van der Waals surface area contributed by atoms with Crippen LogP contribution in [0.25, 0.3) is 0 Å². The molecule has 4 heteroatoms. The Morgan fingerprint density at radius 3 is 2.87 bits per heavy atom. The van der Waals surface area contributed by atoms with Gasteiger partial charge in [-0.05, 0) is 13.3 Å². The van der Waals surface area contributed by atoms with E-state index < -0.39 is 0 Å². The molecule has 0 bridgehead atoms. The first kappa shape index (κ1) is 12.9. The highest BCUT2D eigenvalue weighted by atomic mass is 16.5. The van der Waals surface area contributed by atoms with Gasteiger partial charge in [0.2, 0.25) is 0 Å². The lowest BCUT2D eigenvalue weighted by Crippen LogP contribution is -2.55. The van der Waals surface area contributed by atoms with Gasteiger partial charge in [-0.1, -0.05) is 13.3 Å². The molecule has 0 aliphatic carbocycles. The lowest BCUT2D eigenvalue weighted by Gasteiger charge is -2.39. The summed E-state index contributed by atoms with van der Waals surface area (Å²) in [6, 6.07) is 0.168. The molecular formula is C11H24N2O2. The van der Waals surface area contributed by atoms with E-state index in [9.17, 15) is 5.11 Å². The molecule has 1 aliphatic rings. The SMILES string of the molecule is CCCC(N)C(CO)N1CCOC(C)C1. The van der Waals surface area contributed by atoms with Crippen LogP contribution in [0, 0.1) is 0 Å². The van der Waals surface area contributed by atoms with Crippen LogP contribution in [0.2, 0.25) is 0 Å². The number of ether oxygens (including phenoxy) is 1. The summed E-state index contributed by atoms with van der Waals surface area (Å²) in [7, 11) is 0. The molecule has 1 heterocycles. The predicted octanol–water partition coefficient (Wildman–Crippen LogP) is 0.195. The Morgan fingerprint density at radius 2 is 2.33 bits per heavy atom. The molecule has 4 nitrogen and oxygen atoms in total. The van der Waals surface area contributed by atoms with E-state index >= 15 is 0 Å². The fourth-order valence-electron chi connectivity index (χ4n) is 2.19. The van der Waals surface area contributed by atoms with Gasteiger partial charge in [-0.3, -0.25) is 4.90 Å². The maximum atomic E-state index is 9.40. The summed E-state index contributed by atoms with van der Waals surface area (Å²) in [6.45, 7) is 6.84. The molecule has 3 N–H and O–H groups in total. The van der Waals surface area contributed by atoms with Crippen LogP contribution in [-0.2, 0) is 4.74 Å². The normalized spacial score (nSPS) is 27.6. The van der Waals surface area contributed by atoms with Crippen molar-refractivity contribution in [1.29, 1.82) is 0 Å². The van der Waals surface area contributed by atoms with Crippen molar-refractivity contribution in [2.45, 2.75) is 44.9 Å². The molecule has 0 saturated carbocycles. The van der Waals surface area contributed by atoms with Crippen molar-refractivity contribution < 1.29 is 9.84 Å². The zero-order valence-electron chi connectivity index (χ0n) is 9.85. The van der Waals surface area contributed by atoms with Crippen LogP contribution >= 0.6 is 0 Å². The third-order valence-corrected chi connectivity index (χ3v) is 3.04. The third kappa shape index (κ3) is 3.72. The topological polar surface area (TPSA) is 58.7 Å². The highest BCUT2D eigenvalue weighted by Crippen LogP contribution is 2.12. The van der Waals surface area contributed by atoms with E-state index in [0.29, 0.717) is 0 Å². The van der Waals surface area contributed by atoms with Gasteiger partial charge in [0, 0.05) is 25.2 Å². The van der Waals surface area contributed by atoms with Gasteiger partial charge in [-0.25, -0.2) is 0 Å². The zero-order valence-corrected chi connectivity index (χ0v) is 9.85. The molecule has 0 amide bonds. The summed E-state index contributed by atoms with van der Waals surface area (Å²) in [5, 5.41) is 9.40. The van der Waals surface area contributed by atoms with E-state index in [1.165, 1.54) is 0 Å². The Bertz CT molecular complexity index is 178. The van der Waals surface area contributed by atoms with E-state index in [1.807, 2.05) is 0 Å². The number of hydrogen-bond donors (Lipinski definition) is 2. The van der Waals surface area contributed by atoms with Crippen LogP contribution in [0.1, 0.15) is 26.7 Å². The quantitative estimate of drug-likeness (QED) is 0.689. The summed E-state index contributed by atoms with van der Waals surface area (Å²) in [4.78, 5) is 2.26. The average molecular weight is 216 g/mol. The van der Waals surface area contributed by atoms with Crippen molar-refractivity contribution in [2.24, 2.45) is 5.73 Å². The van der Waals surface area contributed by atoms with Crippen molar-refractivity contribution in [3.8, 4) is 0 Å². The molecule has 3 unspecified atom stereocenters. The molecule has 0 spiro atoms. The molecule has 3 atom stereocenters. The minimum Gasteiger partial charge on any atom is -0.395 e. The van der Waals surface area contributed by atoms with Crippen molar-refractivity contribution in [1.82, 2.24) is 4.90 Å². The summed E-state index contributed by atoms with van der Waals surface area (Å²) in [6.07, 6.45) is 2.29. The molecule has 15 heavy (non-hydrogen) atoms. The van der Waals surface area contributed by atoms with Gasteiger partial charge in [0.15, 0.2) is 0 Å². The number of nitrogens with two attached hydrogens (primary N) is 1. The van der Waals surface area contributed by atoms with Crippen LogP contribution in [0.3, 0.4) is 0 Å². The minimum absolute atomic E-state index is 0.0744. The van der Waals surface area contributed by atoms with Gasteiger partial charge < -0.3 is 15.6 Å². The second-order valence-corrected chi connectivity index (χ2v) is 4.38. The van der Waals surface area contributed by atoms with Crippen LogP contribution in [0.15, 0.2) is 0 Å². The second kappa shape index (κ2) is 6.43. The Labute approximate surface area is 92.4 Å². The summed E-state index contributed by atoms with van der Waals surface area (Å²) in [5.41, 5.74) is 6.07. The van der Waals surface area contributed by atoms with Gasteiger partial charge in [-0.15, -0.1) is 0 Å². The first-order valence-electron chi connectivity index (χ1n) is 5.91. The fraction of sp³-hybridized carbons (Fsp3) is 1.00. The van der Waals surface area contributed by atoms with E-state index in [2.05, 4.69) is 18.7 Å². The lowest BCUT2D eigenvalue weighted by molar-refractivity contribution is -0.0469. The van der Waals surface area contributed by atoms with Crippen LogP contribution in [0.5, 0.6) is 0 Å². The predicted molar refractivity (Wildman–Crippen MR) is 60.7 cm³/mol. The van der Waals surface area contributed by atoms with Crippen molar-refractivity contribution in [3.63, 3.8) is 0 Å². The van der Waals surface area contributed by atoms with Gasteiger partial charge in [-0.2, -0.15) is 0 Å². The molecule has 1 fully saturated rings. The first-order chi connectivity index (χ1) is 7.19. The van der Waals surface area contributed by atoms with E-state index in [-0.39, 0.29) is 24.8 Å². The number of nitrogens with zero attached hydrogens (tertiary/aromatic N) is 1. The third-order valence-electron chi connectivity index (χ3n) is 3.04. The lowest BCUT2D eigenvalue weighted by atomic mass is 10.0. The van der Waals surface area contributed by atoms with E-state index in [1.54, 1.807) is 0 Å². The van der Waals surface area contributed by atoms with E-state index in [4.69, 9.17) is 10.5 Å². The summed E-state index contributed by atoms with van der Waals surface area (Å²) >= 11 is 0. The molecular weight excluding hydrogens is 192 g/mol. The van der Waals surface area contributed by atoms with Crippen LogP contribution in [-0.4, -0.2) is 54.5 Å². The average Bonchev–Trinajstić information content (AvgIpc) is 2.19. The number of aliphatic hydroxyl groups is 1. The number of rotatable bonds is 5. The Balaban J connectivity index is 2.48. The van der Waals surface area contributed by atoms with Crippen LogP contribution < -0.4 is 5.73 Å². The monoisotopic (exact) mass is 216 g/mol. The highest BCUT2D eigenvalue weighted by molar-refractivity contribution is 4.84. The van der Waals surface area contributed by atoms with Gasteiger partial charge in [0.25, 0.3) is 0 Å². The molecule has 1 rings (SSSR count). The summed E-state index contributed by atoms with van der Waals surface area (Å²) in [5.74, 6) is 0. The number of morpholine rings is 1. The molecule has 0 aromatic heterocycles. The first-order valence-corrected chi connectivity index (χ1v) is 5.91. The highest BCUT2D eigenvalue weighted by Gasteiger charge is 2.27. The van der Waals surface area contributed by atoms with Gasteiger partial charge >= 0.3 is 0 Å². The smallest absolute Gasteiger partial charge is 0.0674 e. The Kier molecular flexibility index (Phi) is 5.53. The van der Waals surface area contributed by atoms with E-state index in [0.717, 1.165) is 32.5 Å². The molecule has 0 aromatic carbocycles. The Morgan fingerprint density at radius 1 is 1.60 bits per heavy atom.